The Labute approximate surface area is 385 Å². The van der Waals surface area contributed by atoms with Gasteiger partial charge in [0.05, 0.1) is 0 Å². The summed E-state index contributed by atoms with van der Waals surface area (Å²) in [6.07, 6.45) is 31.5. The molecule has 0 bridgehead atoms. The van der Waals surface area contributed by atoms with E-state index in [2.05, 4.69) is 37.4 Å². The van der Waals surface area contributed by atoms with Gasteiger partial charge in [0.15, 0.2) is 0 Å². The van der Waals surface area contributed by atoms with Crippen LogP contribution in [0, 0.1) is 0 Å². The molecule has 0 radical (unpaired) electrons. The van der Waals surface area contributed by atoms with Crippen LogP contribution >= 0.6 is 11.8 Å². The van der Waals surface area contributed by atoms with Crippen LogP contribution in [0.25, 0.3) is 11.1 Å². The van der Waals surface area contributed by atoms with Crippen molar-refractivity contribution in [3.63, 3.8) is 0 Å². The van der Waals surface area contributed by atoms with E-state index < -0.39 is 24.2 Å². The number of thioether (sulfide) groups is 1. The summed E-state index contributed by atoms with van der Waals surface area (Å²) in [7, 11) is 0. The summed E-state index contributed by atoms with van der Waals surface area (Å²) in [5.41, 5.74) is 5.51. The zero-order valence-electron chi connectivity index (χ0n) is 39.2. The summed E-state index contributed by atoms with van der Waals surface area (Å²) in [5, 5.41) is 12.4. The first kappa shape index (κ1) is 53.8. The number of ether oxygens (including phenoxy) is 3. The van der Waals surface area contributed by atoms with E-state index in [1.807, 2.05) is 24.3 Å². The van der Waals surface area contributed by atoms with Gasteiger partial charge in [-0.05, 0) is 47.1 Å². The smallest absolute Gasteiger partial charge is 0.408 e. The lowest BCUT2D eigenvalue weighted by molar-refractivity contribution is -0.157. The number of benzene rings is 2. The molecule has 0 fully saturated rings. The lowest BCUT2D eigenvalue weighted by Crippen LogP contribution is -2.43. The quantitative estimate of drug-likeness (QED) is 0.0327. The van der Waals surface area contributed by atoms with Crippen molar-refractivity contribution < 1.29 is 38.5 Å². The molecule has 2 aromatic carbocycles. The van der Waals surface area contributed by atoms with Gasteiger partial charge in [0.2, 0.25) is 0 Å². The molecule has 63 heavy (non-hydrogen) atoms. The van der Waals surface area contributed by atoms with Gasteiger partial charge in [-0.25, -0.2) is 9.59 Å². The Morgan fingerprint density at radius 2 is 1.08 bits per heavy atom. The highest BCUT2D eigenvalue weighted by Gasteiger charge is 2.25. The summed E-state index contributed by atoms with van der Waals surface area (Å²) in [4.78, 5) is 50.7. The van der Waals surface area contributed by atoms with E-state index >= 15 is 0 Å². The van der Waals surface area contributed by atoms with E-state index in [9.17, 15) is 24.3 Å². The number of rotatable bonds is 39. The Balaban J connectivity index is 1.38. The van der Waals surface area contributed by atoms with E-state index in [0.717, 1.165) is 61.6 Å². The maximum atomic E-state index is 12.9. The van der Waals surface area contributed by atoms with Crippen LogP contribution in [0.2, 0.25) is 0 Å². The van der Waals surface area contributed by atoms with Crippen LogP contribution in [0.5, 0.6) is 0 Å². The number of alkyl carbamates (subject to hydrolysis) is 1. The molecule has 0 saturated heterocycles. The third-order valence-corrected chi connectivity index (χ3v) is 13.4. The average Bonchev–Trinajstić information content (AvgIpc) is 3.67. The SMILES string of the molecule is CCCCCCCCCCCCCCCC(=O)OC[C@H](CSC[C@H](NC(=O)OCc1cccc2c1Cc1ccccc1-2)C(=O)O)OC(=O)CCCCCCCCCCCCCCC. The molecule has 0 unspecified atom stereocenters. The third kappa shape index (κ3) is 24.4. The van der Waals surface area contributed by atoms with Crippen LogP contribution in [0.3, 0.4) is 0 Å². The second-order valence-corrected chi connectivity index (χ2v) is 18.8. The number of aliphatic carboxylic acids is 1. The number of esters is 2. The summed E-state index contributed by atoms with van der Waals surface area (Å²) in [6.45, 7) is 4.43. The molecule has 3 rings (SSSR count). The number of amides is 1. The van der Waals surface area contributed by atoms with Crippen molar-refractivity contribution in [1.29, 1.82) is 0 Å². The number of hydrogen-bond acceptors (Lipinski definition) is 8. The number of carbonyl (C=O) groups is 4. The highest BCUT2D eigenvalue weighted by Crippen LogP contribution is 2.38. The van der Waals surface area contributed by atoms with E-state index in [1.54, 1.807) is 0 Å². The first-order chi connectivity index (χ1) is 30.8. The minimum absolute atomic E-state index is 0.0142. The van der Waals surface area contributed by atoms with Crippen molar-refractivity contribution in [2.75, 3.05) is 18.1 Å². The van der Waals surface area contributed by atoms with Gasteiger partial charge in [-0.2, -0.15) is 11.8 Å². The number of nitrogens with one attached hydrogen (secondary N) is 1. The van der Waals surface area contributed by atoms with Crippen molar-refractivity contribution in [2.45, 2.75) is 219 Å². The number of carbonyl (C=O) groups excluding carboxylic acids is 3. The van der Waals surface area contributed by atoms with E-state index in [-0.39, 0.29) is 43.1 Å². The molecule has 10 heteroatoms. The second-order valence-electron chi connectivity index (χ2n) is 17.7. The monoisotopic (exact) mass is 894 g/mol. The molecular formula is C53H83NO8S. The normalized spacial score (nSPS) is 12.6. The van der Waals surface area contributed by atoms with Gasteiger partial charge in [-0.3, -0.25) is 9.59 Å². The molecule has 0 spiro atoms. The Morgan fingerprint density at radius 3 is 1.62 bits per heavy atom. The highest BCUT2D eigenvalue weighted by molar-refractivity contribution is 7.99. The first-order valence-electron chi connectivity index (χ1n) is 25.1. The summed E-state index contributed by atoms with van der Waals surface area (Å²) in [5.74, 6) is -1.63. The van der Waals surface area contributed by atoms with Crippen molar-refractivity contribution in [3.05, 3.63) is 59.2 Å². The predicted molar refractivity (Wildman–Crippen MR) is 258 cm³/mol. The average molecular weight is 894 g/mol. The van der Waals surface area contributed by atoms with Gasteiger partial charge in [0.1, 0.15) is 25.4 Å². The van der Waals surface area contributed by atoms with E-state index in [4.69, 9.17) is 14.2 Å². The maximum absolute atomic E-state index is 12.9. The summed E-state index contributed by atoms with van der Waals surface area (Å²) < 4.78 is 16.9. The Hall–Kier alpha value is -3.53. The zero-order chi connectivity index (χ0) is 45.2. The van der Waals surface area contributed by atoms with Crippen LogP contribution in [0.1, 0.15) is 210 Å². The van der Waals surface area contributed by atoms with Crippen LogP contribution in [-0.2, 0) is 41.6 Å². The fourth-order valence-corrected chi connectivity index (χ4v) is 9.40. The van der Waals surface area contributed by atoms with Gasteiger partial charge >= 0.3 is 24.0 Å². The number of hydrogen-bond donors (Lipinski definition) is 2. The predicted octanol–water partition coefficient (Wildman–Crippen LogP) is 14.1. The van der Waals surface area contributed by atoms with E-state index in [1.165, 1.54) is 151 Å². The Morgan fingerprint density at radius 1 is 0.587 bits per heavy atom. The van der Waals surface area contributed by atoms with Gasteiger partial charge in [0, 0.05) is 24.3 Å². The highest BCUT2D eigenvalue weighted by atomic mass is 32.2. The van der Waals surface area contributed by atoms with Crippen LogP contribution in [-0.4, -0.2) is 59.4 Å². The van der Waals surface area contributed by atoms with Crippen molar-refractivity contribution in [2.24, 2.45) is 0 Å². The van der Waals surface area contributed by atoms with Crippen LogP contribution in [0.4, 0.5) is 4.79 Å². The molecular weight excluding hydrogens is 811 g/mol. The lowest BCUT2D eigenvalue weighted by Gasteiger charge is -2.19. The van der Waals surface area contributed by atoms with E-state index in [0.29, 0.717) is 6.42 Å². The molecule has 0 aromatic heterocycles. The summed E-state index contributed by atoms with van der Waals surface area (Å²) >= 11 is 1.22. The zero-order valence-corrected chi connectivity index (χ0v) is 40.1. The lowest BCUT2D eigenvalue weighted by atomic mass is 10.0. The molecule has 2 N–H and O–H groups in total. The molecule has 2 aromatic rings. The van der Waals surface area contributed by atoms with Gasteiger partial charge in [-0.15, -0.1) is 0 Å². The molecule has 2 atom stereocenters. The maximum Gasteiger partial charge on any atom is 0.408 e. The first-order valence-corrected chi connectivity index (χ1v) is 26.3. The number of carboxylic acid groups (broad SMARTS) is 1. The van der Waals surface area contributed by atoms with Crippen molar-refractivity contribution in [3.8, 4) is 11.1 Å². The van der Waals surface area contributed by atoms with Crippen LogP contribution < -0.4 is 5.32 Å². The fraction of sp³-hybridized carbons (Fsp3) is 0.698. The number of unbranched alkanes of at least 4 members (excludes halogenated alkanes) is 24. The second kappa shape index (κ2) is 34.8. The molecule has 1 aliphatic rings. The molecule has 0 aliphatic heterocycles. The molecule has 0 saturated carbocycles. The molecule has 1 aliphatic carbocycles. The topological polar surface area (TPSA) is 128 Å². The molecule has 9 nitrogen and oxygen atoms in total. The Bertz CT molecular complexity index is 1570. The van der Waals surface area contributed by atoms with Gasteiger partial charge < -0.3 is 24.6 Å². The Kier molecular flexibility index (Phi) is 29.7. The third-order valence-electron chi connectivity index (χ3n) is 12.2. The molecule has 354 valence electrons. The van der Waals surface area contributed by atoms with Crippen LogP contribution in [0.15, 0.2) is 42.5 Å². The standard InChI is InChI=1S/C53H83NO8S/c1-3-5-7-9-11-13-15-17-19-21-23-25-27-36-50(55)60-40-45(62-51(56)37-28-26-24-22-20-18-16-14-12-10-8-6-4-2)41-63-42-49(52(57)58)54-53(59)61-39-44-33-31-35-47-46-34-30-29-32-43(46)38-48(44)47/h29-35,45,49H,3-28,36-42H2,1-2H3,(H,54,59)(H,57,58)/t45-,49+/m1/s1. The fourth-order valence-electron chi connectivity index (χ4n) is 8.37. The van der Waals surface area contributed by atoms with Gasteiger partial charge in [-0.1, -0.05) is 210 Å². The number of carboxylic acids is 1. The number of fused-ring (bicyclic) bond motifs is 3. The van der Waals surface area contributed by atoms with Crippen molar-refractivity contribution >= 4 is 35.8 Å². The van der Waals surface area contributed by atoms with Gasteiger partial charge in [0.25, 0.3) is 0 Å². The van der Waals surface area contributed by atoms with Crippen molar-refractivity contribution in [1.82, 2.24) is 5.32 Å². The molecule has 1 amide bonds. The summed E-state index contributed by atoms with van der Waals surface area (Å²) in [6, 6.07) is 12.9. The minimum atomic E-state index is -1.23. The minimum Gasteiger partial charge on any atom is -0.480 e. The largest absolute Gasteiger partial charge is 0.480 e. The molecule has 0 heterocycles.